The number of methoxy groups -OCH3 is 1. The summed E-state index contributed by atoms with van der Waals surface area (Å²) in [7, 11) is 1.45. The van der Waals surface area contributed by atoms with Crippen molar-refractivity contribution < 1.29 is 9.53 Å². The van der Waals surface area contributed by atoms with Gasteiger partial charge in [0.05, 0.1) is 7.11 Å². The van der Waals surface area contributed by atoms with Gasteiger partial charge in [-0.05, 0) is 43.7 Å². The smallest absolute Gasteiger partial charge is 0.328 e. The van der Waals surface area contributed by atoms with Gasteiger partial charge in [-0.25, -0.2) is 4.79 Å². The third-order valence-electron chi connectivity index (χ3n) is 3.69. The highest BCUT2D eigenvalue weighted by atomic mass is 16.5. The normalized spacial score (nSPS) is 19.8. The van der Waals surface area contributed by atoms with Crippen LogP contribution in [0.25, 0.3) is 0 Å². The molecule has 0 spiro atoms. The molecule has 2 unspecified atom stereocenters. The number of esters is 1. The Morgan fingerprint density at radius 3 is 2.79 bits per heavy atom. The summed E-state index contributed by atoms with van der Waals surface area (Å²) in [5.41, 5.74) is 2.15. The van der Waals surface area contributed by atoms with E-state index in [0.717, 1.165) is 30.5 Å². The van der Waals surface area contributed by atoms with Crippen molar-refractivity contribution in [2.75, 3.05) is 12.4 Å². The van der Waals surface area contributed by atoms with E-state index >= 15 is 0 Å². The Kier molecular flexibility index (Phi) is 4.61. The molecule has 1 aliphatic carbocycles. The average Bonchev–Trinajstić information content (AvgIpc) is 2.46. The molecule has 0 amide bonds. The first kappa shape index (κ1) is 13.7. The van der Waals surface area contributed by atoms with Gasteiger partial charge in [-0.1, -0.05) is 30.4 Å². The zero-order valence-electron chi connectivity index (χ0n) is 11.6. The maximum Gasteiger partial charge on any atom is 0.328 e. The van der Waals surface area contributed by atoms with E-state index in [1.807, 2.05) is 31.2 Å². The Balaban J connectivity index is 2.16. The van der Waals surface area contributed by atoms with Gasteiger partial charge in [0, 0.05) is 5.69 Å². The molecule has 1 aliphatic rings. The Morgan fingerprint density at radius 2 is 2.16 bits per heavy atom. The lowest BCUT2D eigenvalue weighted by atomic mass is 9.87. The van der Waals surface area contributed by atoms with Crippen molar-refractivity contribution in [3.05, 3.63) is 42.0 Å². The van der Waals surface area contributed by atoms with E-state index in [0.29, 0.717) is 5.92 Å². The predicted octanol–water partition coefficient (Wildman–Crippen LogP) is 3.30. The Bertz CT molecular complexity index is 468. The molecule has 3 heteroatoms. The molecule has 3 nitrogen and oxygen atoms in total. The largest absolute Gasteiger partial charge is 0.467 e. The first-order valence-corrected chi connectivity index (χ1v) is 6.77. The van der Waals surface area contributed by atoms with Gasteiger partial charge in [-0.2, -0.15) is 0 Å². The van der Waals surface area contributed by atoms with E-state index in [4.69, 9.17) is 4.74 Å². The van der Waals surface area contributed by atoms with Gasteiger partial charge in [0.25, 0.3) is 0 Å². The minimum Gasteiger partial charge on any atom is -0.467 e. The number of ether oxygens (including phenoxy) is 1. The quantitative estimate of drug-likeness (QED) is 0.666. The number of anilines is 1. The van der Waals surface area contributed by atoms with Crippen LogP contribution < -0.4 is 5.32 Å². The molecule has 0 fully saturated rings. The second-order valence-corrected chi connectivity index (χ2v) is 5.00. The fourth-order valence-corrected chi connectivity index (χ4v) is 2.52. The van der Waals surface area contributed by atoms with Crippen molar-refractivity contribution in [3.8, 4) is 0 Å². The SMILES string of the molecule is COC(=O)C(Nc1ccccc1C)C1CC=CCC1. The van der Waals surface area contributed by atoms with Crippen molar-refractivity contribution in [2.45, 2.75) is 32.2 Å². The van der Waals surface area contributed by atoms with Crippen LogP contribution in [-0.2, 0) is 9.53 Å². The van der Waals surface area contributed by atoms with Gasteiger partial charge in [0.2, 0.25) is 0 Å². The van der Waals surface area contributed by atoms with Crippen LogP contribution in [-0.4, -0.2) is 19.1 Å². The molecule has 0 aromatic heterocycles. The molecule has 0 aliphatic heterocycles. The number of nitrogens with one attached hydrogen (secondary N) is 1. The number of carbonyl (C=O) groups is 1. The van der Waals surface area contributed by atoms with Crippen LogP contribution in [0.1, 0.15) is 24.8 Å². The molecule has 1 N–H and O–H groups in total. The van der Waals surface area contributed by atoms with E-state index in [2.05, 4.69) is 17.5 Å². The van der Waals surface area contributed by atoms with E-state index in [1.54, 1.807) is 0 Å². The Morgan fingerprint density at radius 1 is 1.37 bits per heavy atom. The summed E-state index contributed by atoms with van der Waals surface area (Å²) in [6.45, 7) is 2.04. The van der Waals surface area contributed by atoms with E-state index < -0.39 is 0 Å². The van der Waals surface area contributed by atoms with Crippen molar-refractivity contribution in [2.24, 2.45) is 5.92 Å². The highest BCUT2D eigenvalue weighted by Crippen LogP contribution is 2.26. The van der Waals surface area contributed by atoms with Crippen LogP contribution in [0.4, 0.5) is 5.69 Å². The van der Waals surface area contributed by atoms with Crippen LogP contribution in [0.3, 0.4) is 0 Å². The second-order valence-electron chi connectivity index (χ2n) is 5.00. The molecule has 0 heterocycles. The summed E-state index contributed by atoms with van der Waals surface area (Å²) in [5, 5.41) is 3.36. The van der Waals surface area contributed by atoms with Gasteiger partial charge in [0.15, 0.2) is 0 Å². The standard InChI is InChI=1S/C16H21NO2/c1-12-8-6-7-11-14(12)17-15(16(18)19-2)13-9-4-3-5-10-13/h3-4,6-8,11,13,15,17H,5,9-10H2,1-2H3. The molecule has 0 radical (unpaired) electrons. The third kappa shape index (κ3) is 3.37. The molecule has 0 bridgehead atoms. The average molecular weight is 259 g/mol. The Labute approximate surface area is 114 Å². The highest BCUT2D eigenvalue weighted by molar-refractivity contribution is 5.80. The highest BCUT2D eigenvalue weighted by Gasteiger charge is 2.29. The summed E-state index contributed by atoms with van der Waals surface area (Å²) in [4.78, 5) is 12.0. The third-order valence-corrected chi connectivity index (χ3v) is 3.69. The molecule has 2 rings (SSSR count). The first-order valence-electron chi connectivity index (χ1n) is 6.77. The van der Waals surface area contributed by atoms with Gasteiger partial charge in [-0.3, -0.25) is 0 Å². The molecule has 0 saturated carbocycles. The van der Waals surface area contributed by atoms with Crippen molar-refractivity contribution in [1.29, 1.82) is 0 Å². The van der Waals surface area contributed by atoms with Crippen LogP contribution in [0.15, 0.2) is 36.4 Å². The van der Waals surface area contributed by atoms with E-state index in [1.165, 1.54) is 7.11 Å². The summed E-state index contributed by atoms with van der Waals surface area (Å²) < 4.78 is 4.95. The lowest BCUT2D eigenvalue weighted by molar-refractivity contribution is -0.142. The number of para-hydroxylation sites is 1. The maximum absolute atomic E-state index is 12.0. The van der Waals surface area contributed by atoms with Crippen molar-refractivity contribution in [1.82, 2.24) is 0 Å². The molecule has 102 valence electrons. The van der Waals surface area contributed by atoms with E-state index in [-0.39, 0.29) is 12.0 Å². The topological polar surface area (TPSA) is 38.3 Å². The summed E-state index contributed by atoms with van der Waals surface area (Å²) in [5.74, 6) is 0.126. The molecule has 19 heavy (non-hydrogen) atoms. The lowest BCUT2D eigenvalue weighted by Gasteiger charge is -2.28. The summed E-state index contributed by atoms with van der Waals surface area (Å²) in [6.07, 6.45) is 7.32. The fourth-order valence-electron chi connectivity index (χ4n) is 2.52. The minimum absolute atomic E-state index is 0.177. The molecular weight excluding hydrogens is 238 g/mol. The van der Waals surface area contributed by atoms with Crippen molar-refractivity contribution in [3.63, 3.8) is 0 Å². The van der Waals surface area contributed by atoms with Crippen LogP contribution in [0.5, 0.6) is 0 Å². The first-order chi connectivity index (χ1) is 9.22. The minimum atomic E-state index is -0.268. The molecular formula is C16H21NO2. The van der Waals surface area contributed by atoms with Crippen LogP contribution in [0.2, 0.25) is 0 Å². The van der Waals surface area contributed by atoms with Gasteiger partial charge in [-0.15, -0.1) is 0 Å². The zero-order chi connectivity index (χ0) is 13.7. The molecule has 1 aromatic carbocycles. The number of carbonyl (C=O) groups excluding carboxylic acids is 1. The van der Waals surface area contributed by atoms with Gasteiger partial charge >= 0.3 is 5.97 Å². The number of rotatable bonds is 4. The zero-order valence-corrected chi connectivity index (χ0v) is 11.6. The molecule has 0 saturated heterocycles. The van der Waals surface area contributed by atoms with E-state index in [9.17, 15) is 4.79 Å². The lowest BCUT2D eigenvalue weighted by Crippen LogP contribution is -2.38. The number of allylic oxidation sites excluding steroid dienone is 2. The number of hydrogen-bond donors (Lipinski definition) is 1. The monoisotopic (exact) mass is 259 g/mol. The molecule has 2 atom stereocenters. The Hall–Kier alpha value is -1.77. The summed E-state index contributed by atoms with van der Waals surface area (Å²) in [6, 6.07) is 7.75. The number of hydrogen-bond acceptors (Lipinski definition) is 3. The number of benzene rings is 1. The fraction of sp³-hybridized carbons (Fsp3) is 0.438. The van der Waals surface area contributed by atoms with Gasteiger partial charge in [0.1, 0.15) is 6.04 Å². The van der Waals surface area contributed by atoms with Gasteiger partial charge < -0.3 is 10.1 Å². The maximum atomic E-state index is 12.0. The van der Waals surface area contributed by atoms with Crippen LogP contribution >= 0.6 is 0 Å². The predicted molar refractivity (Wildman–Crippen MR) is 77.1 cm³/mol. The number of aryl methyl sites for hydroxylation is 1. The molecule has 1 aromatic rings. The van der Waals surface area contributed by atoms with Crippen LogP contribution in [0, 0.1) is 12.8 Å². The van der Waals surface area contributed by atoms with Crippen molar-refractivity contribution >= 4 is 11.7 Å². The second kappa shape index (κ2) is 6.41. The summed E-state index contributed by atoms with van der Waals surface area (Å²) >= 11 is 0.